The highest BCUT2D eigenvalue weighted by Gasteiger charge is 2.44. The molecule has 6 nitrogen and oxygen atoms in total. The number of hydrogen-bond donors (Lipinski definition) is 1. The highest BCUT2D eigenvalue weighted by Crippen LogP contribution is 2.27. The largest absolute Gasteiger partial charge is 0.353 e. The van der Waals surface area contributed by atoms with Gasteiger partial charge < -0.3 is 5.32 Å². The van der Waals surface area contributed by atoms with Gasteiger partial charge in [0.05, 0.1) is 16.5 Å². The number of amides is 1. The van der Waals surface area contributed by atoms with E-state index in [1.165, 1.54) is 22.5 Å². The first-order chi connectivity index (χ1) is 9.71. The molecule has 1 amide bonds. The van der Waals surface area contributed by atoms with Gasteiger partial charge in [-0.25, -0.2) is 8.42 Å². The van der Waals surface area contributed by atoms with Gasteiger partial charge in [-0.15, -0.1) is 0 Å². The maximum absolute atomic E-state index is 12.8. The van der Waals surface area contributed by atoms with Crippen LogP contribution in [0.1, 0.15) is 25.0 Å². The van der Waals surface area contributed by atoms with Crippen molar-refractivity contribution in [1.29, 1.82) is 5.26 Å². The molecule has 21 heavy (non-hydrogen) atoms. The molecule has 1 aliphatic heterocycles. The molecular formula is C14H17N3O3S. The molecule has 0 radical (unpaired) electrons. The van der Waals surface area contributed by atoms with Gasteiger partial charge in [0.2, 0.25) is 15.9 Å². The third kappa shape index (κ3) is 2.52. The number of rotatable bonds is 2. The summed E-state index contributed by atoms with van der Waals surface area (Å²) in [4.78, 5) is 12.0. The van der Waals surface area contributed by atoms with Crippen molar-refractivity contribution in [3.05, 3.63) is 29.3 Å². The molecule has 0 bridgehead atoms. The van der Waals surface area contributed by atoms with Crippen LogP contribution in [0, 0.1) is 18.3 Å². The summed E-state index contributed by atoms with van der Waals surface area (Å²) in [5, 5.41) is 11.6. The van der Waals surface area contributed by atoms with Crippen molar-refractivity contribution in [2.75, 3.05) is 13.1 Å². The molecular weight excluding hydrogens is 290 g/mol. The van der Waals surface area contributed by atoms with E-state index in [1.807, 2.05) is 6.07 Å². The van der Waals surface area contributed by atoms with Crippen molar-refractivity contribution in [3.63, 3.8) is 0 Å². The fourth-order valence-corrected chi connectivity index (χ4v) is 4.19. The molecule has 112 valence electrons. The monoisotopic (exact) mass is 307 g/mol. The van der Waals surface area contributed by atoms with E-state index in [-0.39, 0.29) is 23.9 Å². The molecule has 0 spiro atoms. The lowest BCUT2D eigenvalue weighted by molar-refractivity contribution is -0.131. The third-order valence-electron chi connectivity index (χ3n) is 3.69. The van der Waals surface area contributed by atoms with Crippen LogP contribution in [0.15, 0.2) is 23.1 Å². The molecule has 2 rings (SSSR count). The molecule has 0 aromatic heterocycles. The number of nitriles is 1. The summed E-state index contributed by atoms with van der Waals surface area (Å²) >= 11 is 0. The van der Waals surface area contributed by atoms with Crippen molar-refractivity contribution in [1.82, 2.24) is 9.62 Å². The normalized spacial score (nSPS) is 18.9. The van der Waals surface area contributed by atoms with Crippen molar-refractivity contribution >= 4 is 15.9 Å². The Hall–Kier alpha value is -1.91. The average molecular weight is 307 g/mol. The number of aryl methyl sites for hydroxylation is 1. The Bertz CT molecular complexity index is 732. The number of carbonyl (C=O) groups is 1. The topological polar surface area (TPSA) is 90.3 Å². The maximum atomic E-state index is 12.8. The van der Waals surface area contributed by atoms with Crippen molar-refractivity contribution < 1.29 is 13.2 Å². The van der Waals surface area contributed by atoms with Gasteiger partial charge in [-0.1, -0.05) is 0 Å². The molecule has 1 aromatic rings. The van der Waals surface area contributed by atoms with E-state index in [1.54, 1.807) is 20.8 Å². The van der Waals surface area contributed by atoms with E-state index in [4.69, 9.17) is 5.26 Å². The van der Waals surface area contributed by atoms with Crippen LogP contribution in [0.5, 0.6) is 0 Å². The summed E-state index contributed by atoms with van der Waals surface area (Å²) in [6, 6.07) is 6.36. The zero-order valence-electron chi connectivity index (χ0n) is 12.2. The predicted molar refractivity (Wildman–Crippen MR) is 76.9 cm³/mol. The van der Waals surface area contributed by atoms with Crippen LogP contribution in [0.25, 0.3) is 0 Å². The first-order valence-corrected chi connectivity index (χ1v) is 7.97. The van der Waals surface area contributed by atoms with Crippen molar-refractivity contribution in [3.8, 4) is 6.07 Å². The number of hydrogen-bond acceptors (Lipinski definition) is 4. The van der Waals surface area contributed by atoms with Gasteiger partial charge >= 0.3 is 0 Å². The van der Waals surface area contributed by atoms with E-state index >= 15 is 0 Å². The zero-order valence-corrected chi connectivity index (χ0v) is 13.0. The van der Waals surface area contributed by atoms with Crippen LogP contribution in [0.4, 0.5) is 0 Å². The van der Waals surface area contributed by atoms with Crippen molar-refractivity contribution in [2.45, 2.75) is 31.2 Å². The Morgan fingerprint density at radius 3 is 2.62 bits per heavy atom. The standard InChI is InChI=1S/C14H17N3O3S/c1-10-8-12(5-4-11(10)9-15)21(19,20)17-7-6-16-13(18)14(17,2)3/h4-5,8H,6-7H2,1-3H3,(H,16,18). The number of piperazine rings is 1. The van der Waals surface area contributed by atoms with Gasteiger partial charge in [0.15, 0.2) is 0 Å². The van der Waals surface area contributed by atoms with Gasteiger partial charge in [-0.3, -0.25) is 4.79 Å². The Balaban J connectivity index is 2.49. The fourth-order valence-electron chi connectivity index (χ4n) is 2.35. The summed E-state index contributed by atoms with van der Waals surface area (Å²) in [5.74, 6) is -0.317. The number of nitrogens with zero attached hydrogens (tertiary/aromatic N) is 2. The Morgan fingerprint density at radius 2 is 2.05 bits per heavy atom. The third-order valence-corrected chi connectivity index (χ3v) is 5.75. The summed E-state index contributed by atoms with van der Waals surface area (Å²) in [6.45, 7) is 5.35. The maximum Gasteiger partial charge on any atom is 0.244 e. The lowest BCUT2D eigenvalue weighted by Gasteiger charge is -2.39. The van der Waals surface area contributed by atoms with E-state index in [0.717, 1.165) is 0 Å². The minimum Gasteiger partial charge on any atom is -0.353 e. The molecule has 1 saturated heterocycles. The molecule has 0 saturated carbocycles. The van der Waals surface area contributed by atoms with Crippen molar-refractivity contribution in [2.24, 2.45) is 0 Å². The molecule has 1 heterocycles. The van der Waals surface area contributed by atoms with Crippen LogP contribution in [-0.2, 0) is 14.8 Å². The molecule has 1 aliphatic rings. The van der Waals surface area contributed by atoms with Gasteiger partial charge in [-0.2, -0.15) is 9.57 Å². The van der Waals surface area contributed by atoms with Gasteiger partial charge in [0.1, 0.15) is 5.54 Å². The molecule has 1 N–H and O–H groups in total. The lowest BCUT2D eigenvalue weighted by Crippen LogP contribution is -2.63. The predicted octanol–water partition coefficient (Wildman–Crippen LogP) is 0.766. The second kappa shape index (κ2) is 5.13. The Morgan fingerprint density at radius 1 is 1.38 bits per heavy atom. The Labute approximate surface area is 124 Å². The smallest absolute Gasteiger partial charge is 0.244 e. The van der Waals surface area contributed by atoms with Crippen LogP contribution >= 0.6 is 0 Å². The van der Waals surface area contributed by atoms with Gasteiger partial charge in [0.25, 0.3) is 0 Å². The molecule has 1 fully saturated rings. The number of nitrogens with one attached hydrogen (secondary N) is 1. The summed E-state index contributed by atoms with van der Waals surface area (Å²) in [7, 11) is -3.79. The van der Waals surface area contributed by atoms with Crippen LogP contribution in [0.2, 0.25) is 0 Å². The second-order valence-electron chi connectivity index (χ2n) is 5.48. The van der Waals surface area contributed by atoms with E-state index in [2.05, 4.69) is 5.32 Å². The summed E-state index contributed by atoms with van der Waals surface area (Å²) in [6.07, 6.45) is 0. The number of carbonyl (C=O) groups excluding carboxylic acids is 1. The molecule has 0 unspecified atom stereocenters. The van der Waals surface area contributed by atoms with Gasteiger partial charge in [0, 0.05) is 13.1 Å². The molecule has 7 heteroatoms. The summed E-state index contributed by atoms with van der Waals surface area (Å²) < 4.78 is 26.7. The first-order valence-electron chi connectivity index (χ1n) is 6.53. The van der Waals surface area contributed by atoms with Gasteiger partial charge in [-0.05, 0) is 44.5 Å². The average Bonchev–Trinajstić information content (AvgIpc) is 2.41. The van der Waals surface area contributed by atoms with Crippen LogP contribution in [-0.4, -0.2) is 37.3 Å². The quantitative estimate of drug-likeness (QED) is 0.873. The number of sulfonamides is 1. The summed E-state index contributed by atoms with van der Waals surface area (Å²) in [5.41, 5.74) is -0.110. The minimum absolute atomic E-state index is 0.0989. The molecule has 1 aromatic carbocycles. The molecule has 0 atom stereocenters. The fraction of sp³-hybridized carbons (Fsp3) is 0.429. The highest BCUT2D eigenvalue weighted by molar-refractivity contribution is 7.89. The first kappa shape index (κ1) is 15.5. The lowest BCUT2D eigenvalue weighted by atomic mass is 10.0. The zero-order chi connectivity index (χ0) is 15.8. The number of benzene rings is 1. The van der Waals surface area contributed by atoms with E-state index < -0.39 is 15.6 Å². The Kier molecular flexibility index (Phi) is 3.78. The molecule has 0 aliphatic carbocycles. The minimum atomic E-state index is -3.79. The van der Waals surface area contributed by atoms with E-state index in [0.29, 0.717) is 11.1 Å². The van der Waals surface area contributed by atoms with Crippen LogP contribution in [0.3, 0.4) is 0 Å². The SMILES string of the molecule is Cc1cc(S(=O)(=O)N2CCNC(=O)C2(C)C)ccc1C#N. The second-order valence-corrected chi connectivity index (χ2v) is 7.34. The van der Waals surface area contributed by atoms with E-state index in [9.17, 15) is 13.2 Å². The van der Waals surface area contributed by atoms with Crippen LogP contribution < -0.4 is 5.32 Å². The highest BCUT2D eigenvalue weighted by atomic mass is 32.2.